The summed E-state index contributed by atoms with van der Waals surface area (Å²) in [5.41, 5.74) is 5.44. The summed E-state index contributed by atoms with van der Waals surface area (Å²) in [5.74, 6) is 0. The molecule has 0 saturated heterocycles. The van der Waals surface area contributed by atoms with Gasteiger partial charge in [0, 0.05) is 52.4 Å². The van der Waals surface area contributed by atoms with Gasteiger partial charge in [-0.1, -0.05) is 68.5 Å². The zero-order chi connectivity index (χ0) is 25.2. The van der Waals surface area contributed by atoms with E-state index in [0.717, 1.165) is 13.1 Å². The SMILES string of the molecule is C[n+]1ccc2c(c1)c1ccccc1n2CCCCCCCCCn1c2ccccc2c2cc[n+](C)cc21. The van der Waals surface area contributed by atoms with Crippen molar-refractivity contribution in [3.05, 3.63) is 85.5 Å². The molecule has 2 aromatic carbocycles. The number of benzene rings is 2. The molecule has 188 valence electrons. The number of hydrogen-bond donors (Lipinski definition) is 0. The molecule has 0 unspecified atom stereocenters. The van der Waals surface area contributed by atoms with E-state index in [9.17, 15) is 0 Å². The molecule has 4 heterocycles. The quantitative estimate of drug-likeness (QED) is 0.146. The Morgan fingerprint density at radius 1 is 0.459 bits per heavy atom. The Balaban J connectivity index is 0.996. The molecule has 0 aliphatic heterocycles. The van der Waals surface area contributed by atoms with Crippen molar-refractivity contribution in [2.45, 2.75) is 58.0 Å². The van der Waals surface area contributed by atoms with Crippen LogP contribution in [0.25, 0.3) is 43.6 Å². The van der Waals surface area contributed by atoms with Crippen molar-refractivity contribution >= 4 is 43.6 Å². The molecule has 4 nitrogen and oxygen atoms in total. The first kappa shape index (κ1) is 23.7. The maximum atomic E-state index is 2.52. The average Bonchev–Trinajstić information content (AvgIpc) is 3.39. The van der Waals surface area contributed by atoms with Crippen LogP contribution in [0.1, 0.15) is 44.9 Å². The summed E-state index contributed by atoms with van der Waals surface area (Å²) in [7, 11) is 4.22. The van der Waals surface area contributed by atoms with Crippen LogP contribution in [0.2, 0.25) is 0 Å². The van der Waals surface area contributed by atoms with Gasteiger partial charge in [0.05, 0.1) is 10.9 Å². The Bertz CT molecular complexity index is 1690. The molecule has 4 aromatic heterocycles. The third-order valence-electron chi connectivity index (χ3n) is 7.97. The van der Waals surface area contributed by atoms with Crippen LogP contribution in [0, 0.1) is 0 Å². The van der Waals surface area contributed by atoms with Gasteiger partial charge >= 0.3 is 0 Å². The molecule has 6 aromatic rings. The van der Waals surface area contributed by atoms with E-state index >= 15 is 0 Å². The minimum absolute atomic E-state index is 1.10. The van der Waals surface area contributed by atoms with E-state index in [1.165, 1.54) is 88.6 Å². The number of nitrogens with zero attached hydrogens (tertiary/aromatic N) is 4. The van der Waals surface area contributed by atoms with Crippen LogP contribution < -0.4 is 9.13 Å². The third-order valence-corrected chi connectivity index (χ3v) is 7.97. The van der Waals surface area contributed by atoms with Crippen molar-refractivity contribution in [3.8, 4) is 0 Å². The van der Waals surface area contributed by atoms with E-state index in [1.807, 2.05) is 0 Å². The number of rotatable bonds is 10. The van der Waals surface area contributed by atoms with E-state index in [-0.39, 0.29) is 0 Å². The van der Waals surface area contributed by atoms with Crippen molar-refractivity contribution in [2.24, 2.45) is 14.1 Å². The average molecular weight is 491 g/mol. The molecule has 0 saturated carbocycles. The number of unbranched alkanes of at least 4 members (excludes halogenated alkanes) is 6. The molecule has 37 heavy (non-hydrogen) atoms. The van der Waals surface area contributed by atoms with Gasteiger partial charge in [-0.15, -0.1) is 0 Å². The number of fused-ring (bicyclic) bond motifs is 6. The molecule has 0 amide bonds. The van der Waals surface area contributed by atoms with Crippen LogP contribution >= 0.6 is 0 Å². The van der Waals surface area contributed by atoms with E-state index in [4.69, 9.17) is 0 Å². The molecule has 0 fully saturated rings. The van der Waals surface area contributed by atoms with Crippen LogP contribution in [0.5, 0.6) is 0 Å². The van der Waals surface area contributed by atoms with Crippen molar-refractivity contribution < 1.29 is 9.13 Å². The lowest BCUT2D eigenvalue weighted by molar-refractivity contribution is -0.670. The molecule has 0 spiro atoms. The summed E-state index contributed by atoms with van der Waals surface area (Å²) in [6.45, 7) is 2.20. The number of para-hydroxylation sites is 2. The molecule has 0 bridgehead atoms. The molecular formula is C33H38N4+2. The molecule has 0 atom stereocenters. The first-order valence-electron chi connectivity index (χ1n) is 13.9. The summed E-state index contributed by atoms with van der Waals surface area (Å²) in [4.78, 5) is 0. The lowest BCUT2D eigenvalue weighted by Crippen LogP contribution is -2.26. The number of hydrogen-bond acceptors (Lipinski definition) is 0. The number of aromatic nitrogens is 4. The largest absolute Gasteiger partial charge is 0.340 e. The highest BCUT2D eigenvalue weighted by Gasteiger charge is 2.14. The minimum atomic E-state index is 1.10. The van der Waals surface area contributed by atoms with Crippen LogP contribution in [0.3, 0.4) is 0 Å². The van der Waals surface area contributed by atoms with E-state index in [0.29, 0.717) is 0 Å². The minimum Gasteiger partial charge on any atom is -0.340 e. The molecule has 0 N–H and O–H groups in total. The van der Waals surface area contributed by atoms with Crippen molar-refractivity contribution in [1.29, 1.82) is 0 Å². The Hall–Kier alpha value is -3.66. The summed E-state index contributed by atoms with van der Waals surface area (Å²) in [5, 5.41) is 5.46. The molecule has 6 rings (SSSR count). The number of aryl methyl sites for hydroxylation is 4. The summed E-state index contributed by atoms with van der Waals surface area (Å²) in [6.07, 6.45) is 17.9. The smallest absolute Gasteiger partial charge is 0.193 e. The van der Waals surface area contributed by atoms with Crippen LogP contribution in [-0.2, 0) is 27.2 Å². The van der Waals surface area contributed by atoms with Crippen molar-refractivity contribution in [3.63, 3.8) is 0 Å². The second kappa shape index (κ2) is 10.4. The summed E-state index contributed by atoms with van der Waals surface area (Å²) in [6, 6.07) is 22.2. The second-order valence-corrected chi connectivity index (χ2v) is 10.6. The fourth-order valence-corrected chi connectivity index (χ4v) is 6.10. The standard InChI is InChI=1S/C33H38N4/c1-34-23-19-32-29(24-34)27-15-9-11-17-31(27)36(32)20-12-6-4-3-5-7-13-21-37-30-16-10-8-14-26(30)28-18-22-35(2)25-33(28)37/h8-11,14-19,22-25H,3-7,12-13,20-21H2,1-2H3/q+2. The lowest BCUT2D eigenvalue weighted by atomic mass is 10.1. The number of pyridine rings is 2. The fourth-order valence-electron chi connectivity index (χ4n) is 6.10. The normalized spacial score (nSPS) is 11.9. The Morgan fingerprint density at radius 2 is 0.919 bits per heavy atom. The van der Waals surface area contributed by atoms with Gasteiger partial charge in [-0.25, -0.2) is 9.13 Å². The van der Waals surface area contributed by atoms with Gasteiger partial charge in [0.25, 0.3) is 0 Å². The molecule has 0 aliphatic carbocycles. The van der Waals surface area contributed by atoms with Gasteiger partial charge in [-0.3, -0.25) is 0 Å². The fraction of sp³-hybridized carbons (Fsp3) is 0.333. The van der Waals surface area contributed by atoms with Crippen molar-refractivity contribution in [2.75, 3.05) is 0 Å². The van der Waals surface area contributed by atoms with E-state index < -0.39 is 0 Å². The predicted molar refractivity (Wildman–Crippen MR) is 154 cm³/mol. The zero-order valence-corrected chi connectivity index (χ0v) is 22.2. The first-order valence-corrected chi connectivity index (χ1v) is 13.9. The van der Waals surface area contributed by atoms with Crippen molar-refractivity contribution in [1.82, 2.24) is 9.13 Å². The van der Waals surface area contributed by atoms with Gasteiger partial charge in [0.2, 0.25) is 0 Å². The van der Waals surface area contributed by atoms with Gasteiger partial charge in [0.15, 0.2) is 24.8 Å². The van der Waals surface area contributed by atoms with E-state index in [2.05, 4.69) is 118 Å². The van der Waals surface area contributed by atoms with Gasteiger partial charge in [-0.2, -0.15) is 0 Å². The van der Waals surface area contributed by atoms with Crippen LogP contribution in [-0.4, -0.2) is 9.13 Å². The highest BCUT2D eigenvalue weighted by atomic mass is 15.0. The predicted octanol–water partition coefficient (Wildman–Crippen LogP) is 6.98. The highest BCUT2D eigenvalue weighted by molar-refractivity contribution is 6.08. The summed E-state index contributed by atoms with van der Waals surface area (Å²) >= 11 is 0. The Morgan fingerprint density at radius 3 is 1.59 bits per heavy atom. The Labute approximate surface area is 219 Å². The third kappa shape index (κ3) is 4.61. The highest BCUT2D eigenvalue weighted by Crippen LogP contribution is 2.29. The monoisotopic (exact) mass is 490 g/mol. The summed E-state index contributed by atoms with van der Waals surface area (Å²) < 4.78 is 9.37. The zero-order valence-electron chi connectivity index (χ0n) is 22.2. The van der Waals surface area contributed by atoms with Gasteiger partial charge in [0.1, 0.15) is 19.6 Å². The first-order chi connectivity index (χ1) is 18.2. The maximum Gasteiger partial charge on any atom is 0.193 e. The topological polar surface area (TPSA) is 17.6 Å². The van der Waals surface area contributed by atoms with Crippen LogP contribution in [0.4, 0.5) is 0 Å². The Kier molecular flexibility index (Phi) is 6.65. The lowest BCUT2D eigenvalue weighted by Gasteiger charge is -2.08. The van der Waals surface area contributed by atoms with Gasteiger partial charge < -0.3 is 9.13 Å². The molecular weight excluding hydrogens is 452 g/mol. The van der Waals surface area contributed by atoms with Gasteiger partial charge in [-0.05, 0) is 25.0 Å². The van der Waals surface area contributed by atoms with E-state index in [1.54, 1.807) is 0 Å². The second-order valence-electron chi connectivity index (χ2n) is 10.6. The molecule has 0 radical (unpaired) electrons. The maximum absolute atomic E-state index is 2.52. The van der Waals surface area contributed by atoms with Crippen LogP contribution in [0.15, 0.2) is 85.5 Å². The molecule has 0 aliphatic rings. The molecule has 4 heteroatoms.